The molecular formula is C9H11ClO3S. The summed E-state index contributed by atoms with van der Waals surface area (Å²) in [5.74, 6) is 0. The zero-order chi connectivity index (χ0) is 11.1. The molecule has 0 saturated carbocycles. The van der Waals surface area contributed by atoms with E-state index in [0.29, 0.717) is 11.1 Å². The van der Waals surface area contributed by atoms with Crippen LogP contribution < -0.4 is 0 Å². The Balaban J connectivity index is 3.70. The van der Waals surface area contributed by atoms with Gasteiger partial charge in [-0.05, 0) is 37.5 Å². The maximum atomic E-state index is 11.0. The molecular weight excluding hydrogens is 224 g/mol. The number of hydrogen-bond acceptors (Lipinski definition) is 2. The van der Waals surface area contributed by atoms with Crippen LogP contribution in [0.25, 0.3) is 0 Å². The summed E-state index contributed by atoms with van der Waals surface area (Å²) < 4.78 is 31.0. The first-order valence-electron chi connectivity index (χ1n) is 3.99. The Morgan fingerprint density at radius 1 is 1.21 bits per heavy atom. The van der Waals surface area contributed by atoms with Crippen LogP contribution in [0.1, 0.15) is 16.7 Å². The molecule has 0 saturated heterocycles. The lowest BCUT2D eigenvalue weighted by atomic mass is 10.1. The summed E-state index contributed by atoms with van der Waals surface area (Å²) in [5, 5.41) is 0.102. The van der Waals surface area contributed by atoms with E-state index >= 15 is 0 Å². The fourth-order valence-electron chi connectivity index (χ4n) is 1.33. The van der Waals surface area contributed by atoms with Crippen LogP contribution in [0.3, 0.4) is 0 Å². The van der Waals surface area contributed by atoms with Crippen molar-refractivity contribution in [2.24, 2.45) is 0 Å². The van der Waals surface area contributed by atoms with E-state index in [0.717, 1.165) is 5.56 Å². The van der Waals surface area contributed by atoms with Crippen molar-refractivity contribution in [3.8, 4) is 0 Å². The van der Waals surface area contributed by atoms with Crippen molar-refractivity contribution < 1.29 is 13.0 Å². The number of benzene rings is 1. The maximum Gasteiger partial charge on any atom is 0.296 e. The molecule has 0 spiro atoms. The second-order valence-corrected chi connectivity index (χ2v) is 4.99. The van der Waals surface area contributed by atoms with Crippen LogP contribution in [0.4, 0.5) is 0 Å². The van der Waals surface area contributed by atoms with Crippen molar-refractivity contribution in [3.05, 3.63) is 27.8 Å². The van der Waals surface area contributed by atoms with E-state index in [-0.39, 0.29) is 9.92 Å². The molecule has 0 heterocycles. The summed E-state index contributed by atoms with van der Waals surface area (Å²) in [6.07, 6.45) is 0. The second-order valence-electron chi connectivity index (χ2n) is 3.25. The first-order valence-corrected chi connectivity index (χ1v) is 5.80. The van der Waals surface area contributed by atoms with Gasteiger partial charge < -0.3 is 0 Å². The van der Waals surface area contributed by atoms with E-state index in [1.165, 1.54) is 0 Å². The largest absolute Gasteiger partial charge is 0.296 e. The van der Waals surface area contributed by atoms with E-state index in [4.69, 9.17) is 16.2 Å². The number of hydrogen-bond donors (Lipinski definition) is 1. The SMILES string of the molecule is Cc1cc(C)c(S(=O)(=O)O)c(Cl)c1C. The van der Waals surface area contributed by atoms with Crippen molar-refractivity contribution in [2.75, 3.05) is 0 Å². The van der Waals surface area contributed by atoms with Gasteiger partial charge in [0.25, 0.3) is 10.1 Å². The second kappa shape index (κ2) is 3.53. The summed E-state index contributed by atoms with van der Waals surface area (Å²) in [6, 6.07) is 1.68. The molecule has 14 heavy (non-hydrogen) atoms. The lowest BCUT2D eigenvalue weighted by molar-refractivity contribution is 0.482. The fourth-order valence-corrected chi connectivity index (χ4v) is 2.77. The van der Waals surface area contributed by atoms with Crippen LogP contribution in [0.5, 0.6) is 0 Å². The number of aryl methyl sites for hydroxylation is 2. The highest BCUT2D eigenvalue weighted by atomic mass is 35.5. The van der Waals surface area contributed by atoms with Crippen molar-refractivity contribution in [1.82, 2.24) is 0 Å². The summed E-state index contributed by atoms with van der Waals surface area (Å²) in [6.45, 7) is 5.15. The quantitative estimate of drug-likeness (QED) is 0.760. The van der Waals surface area contributed by atoms with Crippen LogP contribution in [0, 0.1) is 20.8 Å². The molecule has 1 rings (SSSR count). The minimum absolute atomic E-state index is 0.102. The van der Waals surface area contributed by atoms with Crippen LogP contribution in [-0.2, 0) is 10.1 Å². The van der Waals surface area contributed by atoms with E-state index in [1.807, 2.05) is 6.92 Å². The smallest absolute Gasteiger partial charge is 0.282 e. The van der Waals surface area contributed by atoms with Gasteiger partial charge >= 0.3 is 0 Å². The zero-order valence-corrected chi connectivity index (χ0v) is 9.70. The number of rotatable bonds is 1. The molecule has 0 radical (unpaired) electrons. The molecule has 0 aliphatic rings. The molecule has 0 fully saturated rings. The molecule has 1 aromatic carbocycles. The molecule has 0 aromatic heterocycles. The molecule has 1 aromatic rings. The van der Waals surface area contributed by atoms with Gasteiger partial charge in [0.1, 0.15) is 4.90 Å². The summed E-state index contributed by atoms with van der Waals surface area (Å²) in [7, 11) is -4.24. The Kier molecular flexibility index (Phi) is 2.90. The van der Waals surface area contributed by atoms with Crippen LogP contribution in [-0.4, -0.2) is 13.0 Å². The van der Waals surface area contributed by atoms with E-state index in [1.54, 1.807) is 19.9 Å². The van der Waals surface area contributed by atoms with Crippen molar-refractivity contribution in [3.63, 3.8) is 0 Å². The van der Waals surface area contributed by atoms with Crippen molar-refractivity contribution in [1.29, 1.82) is 0 Å². The van der Waals surface area contributed by atoms with Gasteiger partial charge in [-0.25, -0.2) is 0 Å². The first kappa shape index (κ1) is 11.5. The van der Waals surface area contributed by atoms with Crippen LogP contribution >= 0.6 is 11.6 Å². The Morgan fingerprint density at radius 3 is 2.14 bits per heavy atom. The molecule has 0 unspecified atom stereocenters. The highest BCUT2D eigenvalue weighted by molar-refractivity contribution is 7.86. The zero-order valence-electron chi connectivity index (χ0n) is 8.13. The van der Waals surface area contributed by atoms with Gasteiger partial charge in [0.2, 0.25) is 0 Å². The molecule has 0 atom stereocenters. The normalized spacial score (nSPS) is 11.8. The van der Waals surface area contributed by atoms with E-state index in [9.17, 15) is 8.42 Å². The minimum Gasteiger partial charge on any atom is -0.282 e. The van der Waals surface area contributed by atoms with Crippen LogP contribution in [0.15, 0.2) is 11.0 Å². The molecule has 1 N–H and O–H groups in total. The molecule has 0 bridgehead atoms. The Morgan fingerprint density at radius 2 is 1.71 bits per heavy atom. The maximum absolute atomic E-state index is 11.0. The third kappa shape index (κ3) is 1.92. The van der Waals surface area contributed by atoms with Gasteiger partial charge in [0.15, 0.2) is 0 Å². The predicted molar refractivity (Wildman–Crippen MR) is 55.5 cm³/mol. The third-order valence-corrected chi connectivity index (χ3v) is 3.80. The summed E-state index contributed by atoms with van der Waals surface area (Å²) in [5.41, 5.74) is 2.03. The van der Waals surface area contributed by atoms with Crippen LogP contribution in [0.2, 0.25) is 5.02 Å². The van der Waals surface area contributed by atoms with Gasteiger partial charge in [0, 0.05) is 0 Å². The summed E-state index contributed by atoms with van der Waals surface area (Å²) in [4.78, 5) is -0.192. The minimum atomic E-state index is -4.24. The van der Waals surface area contributed by atoms with Crippen molar-refractivity contribution in [2.45, 2.75) is 25.7 Å². The average molecular weight is 235 g/mol. The van der Waals surface area contributed by atoms with Gasteiger partial charge in [-0.1, -0.05) is 17.7 Å². The van der Waals surface area contributed by atoms with Gasteiger partial charge in [-0.2, -0.15) is 8.42 Å². The lowest BCUT2D eigenvalue weighted by Crippen LogP contribution is -2.04. The van der Waals surface area contributed by atoms with E-state index in [2.05, 4.69) is 0 Å². The molecule has 5 heteroatoms. The molecule has 0 aliphatic carbocycles. The first-order chi connectivity index (χ1) is 6.25. The molecule has 78 valence electrons. The highest BCUT2D eigenvalue weighted by Gasteiger charge is 2.20. The monoisotopic (exact) mass is 234 g/mol. The molecule has 3 nitrogen and oxygen atoms in total. The molecule has 0 amide bonds. The highest BCUT2D eigenvalue weighted by Crippen LogP contribution is 2.30. The fraction of sp³-hybridized carbons (Fsp3) is 0.333. The van der Waals surface area contributed by atoms with Gasteiger partial charge in [-0.3, -0.25) is 4.55 Å². The van der Waals surface area contributed by atoms with Crippen molar-refractivity contribution >= 4 is 21.7 Å². The molecule has 0 aliphatic heterocycles. The predicted octanol–water partition coefficient (Wildman–Crippen LogP) is 2.51. The standard InChI is InChI=1S/C9H11ClO3S/c1-5-4-6(2)9(14(11,12)13)8(10)7(5)3/h4H,1-3H3,(H,11,12,13). The number of halogens is 1. The van der Waals surface area contributed by atoms with Gasteiger partial charge in [0.05, 0.1) is 5.02 Å². The Hall–Kier alpha value is -0.580. The van der Waals surface area contributed by atoms with Gasteiger partial charge in [-0.15, -0.1) is 0 Å². The Bertz CT molecular complexity index is 477. The summed E-state index contributed by atoms with van der Waals surface area (Å²) >= 11 is 5.85. The van der Waals surface area contributed by atoms with E-state index < -0.39 is 10.1 Å². The third-order valence-electron chi connectivity index (χ3n) is 2.17. The average Bonchev–Trinajstić information content (AvgIpc) is 1.97. The Labute approximate surface area is 88.5 Å². The topological polar surface area (TPSA) is 54.4 Å². The lowest BCUT2D eigenvalue weighted by Gasteiger charge is -2.10.